The van der Waals surface area contributed by atoms with Crippen LogP contribution in [0.15, 0.2) is 11.6 Å². The summed E-state index contributed by atoms with van der Waals surface area (Å²) in [5, 5.41) is 0. The molecule has 0 aliphatic heterocycles. The Morgan fingerprint density at radius 1 is 1.43 bits per heavy atom. The molecule has 0 saturated heterocycles. The highest BCUT2D eigenvalue weighted by Gasteiger charge is 2.47. The van der Waals surface area contributed by atoms with Crippen LogP contribution < -0.4 is 0 Å². The molecule has 82 valence electrons. The molecule has 0 unspecified atom stereocenters. The van der Waals surface area contributed by atoms with Crippen LogP contribution in [0.1, 0.15) is 26.7 Å². The normalized spacial score (nSPS) is 49.9. The van der Waals surface area contributed by atoms with Gasteiger partial charge in [0.2, 0.25) is 0 Å². The molecule has 0 aromatic carbocycles. The van der Waals surface area contributed by atoms with Crippen LogP contribution in [-0.4, -0.2) is 14.0 Å². The zero-order valence-electron chi connectivity index (χ0n) is 8.24. The molecule has 1 aliphatic carbocycles. The second kappa shape index (κ2) is 4.65. The van der Waals surface area contributed by atoms with Gasteiger partial charge in [0.05, 0.1) is 4.87 Å². The second-order valence-electron chi connectivity index (χ2n) is 4.36. The summed E-state index contributed by atoms with van der Waals surface area (Å²) in [6.07, 6.45) is 3.96. The maximum Gasteiger partial charge on any atom is 0.0557 e. The smallest absolute Gasteiger partial charge is 0.0557 e. The van der Waals surface area contributed by atoms with E-state index >= 15 is 0 Å². The van der Waals surface area contributed by atoms with Crippen LogP contribution in [0.2, 0.25) is 0 Å². The van der Waals surface area contributed by atoms with Crippen LogP contribution in [0, 0.1) is 5.92 Å². The summed E-state index contributed by atoms with van der Waals surface area (Å²) in [6.45, 7) is 4.25. The Morgan fingerprint density at radius 2 is 2.00 bits per heavy atom. The Bertz CT molecular complexity index is 236. The average molecular weight is 365 g/mol. The van der Waals surface area contributed by atoms with Crippen LogP contribution in [0.4, 0.5) is 0 Å². The first kappa shape index (κ1) is 13.3. The fraction of sp³-hybridized carbons (Fsp3) is 0.800. The first-order valence-electron chi connectivity index (χ1n) is 4.58. The summed E-state index contributed by atoms with van der Waals surface area (Å²) in [7, 11) is 0. The molecule has 0 radical (unpaired) electrons. The summed E-state index contributed by atoms with van der Waals surface area (Å²) < 4.78 is 0.0408. The summed E-state index contributed by atoms with van der Waals surface area (Å²) in [5.41, 5.74) is 1.60. The molecule has 1 saturated carbocycles. The van der Waals surface area contributed by atoms with Gasteiger partial charge in [-0.3, -0.25) is 0 Å². The van der Waals surface area contributed by atoms with Crippen molar-refractivity contribution in [1.82, 2.24) is 0 Å². The third kappa shape index (κ3) is 2.90. The molecule has 1 rings (SSSR count). The van der Waals surface area contributed by atoms with Crippen molar-refractivity contribution in [3.8, 4) is 0 Å². The monoisotopic (exact) mass is 362 g/mol. The summed E-state index contributed by atoms with van der Waals surface area (Å²) in [5.74, 6) is 0.427. The molecule has 0 heterocycles. The Morgan fingerprint density at radius 3 is 2.50 bits per heavy atom. The van der Waals surface area contributed by atoms with Crippen LogP contribution >= 0.6 is 55.1 Å². The number of halogens is 4. The van der Waals surface area contributed by atoms with E-state index in [-0.39, 0.29) is 9.20 Å². The quantitative estimate of drug-likeness (QED) is 0.570. The molecule has 0 spiro atoms. The van der Waals surface area contributed by atoms with E-state index in [9.17, 15) is 0 Å². The third-order valence-electron chi connectivity index (χ3n) is 2.88. The summed E-state index contributed by atoms with van der Waals surface area (Å²) in [4.78, 5) is 0.148. The van der Waals surface area contributed by atoms with Gasteiger partial charge in [-0.25, -0.2) is 0 Å². The lowest BCUT2D eigenvalue weighted by atomic mass is 9.75. The molecule has 0 bridgehead atoms. The molecule has 0 nitrogen and oxygen atoms in total. The molecule has 0 N–H and O–H groups in total. The maximum absolute atomic E-state index is 6.44. The highest BCUT2D eigenvalue weighted by Crippen LogP contribution is 2.50. The van der Waals surface area contributed by atoms with Crippen molar-refractivity contribution in [1.29, 1.82) is 0 Å². The predicted molar refractivity (Wildman–Crippen MR) is 72.0 cm³/mol. The predicted octanol–water partition coefficient (Wildman–Crippen LogP) is 5.06. The molecule has 4 atom stereocenters. The van der Waals surface area contributed by atoms with Gasteiger partial charge in [0.1, 0.15) is 0 Å². The van der Waals surface area contributed by atoms with E-state index in [2.05, 4.69) is 45.7 Å². The van der Waals surface area contributed by atoms with E-state index in [0.29, 0.717) is 10.7 Å². The second-order valence-corrected chi connectivity index (χ2v) is 8.39. The van der Waals surface area contributed by atoms with Gasteiger partial charge in [-0.15, -0.1) is 11.6 Å². The van der Waals surface area contributed by atoms with E-state index in [0.717, 1.165) is 12.8 Å². The zero-order chi connectivity index (χ0) is 11.0. The van der Waals surface area contributed by atoms with Crippen molar-refractivity contribution >= 4 is 55.1 Å². The minimum absolute atomic E-state index is 0.0408. The van der Waals surface area contributed by atoms with Crippen LogP contribution in [0.25, 0.3) is 0 Å². The molecule has 0 aromatic rings. The number of rotatable bonds is 1. The zero-order valence-corrected chi connectivity index (χ0v) is 12.9. The third-order valence-corrected chi connectivity index (χ3v) is 5.94. The minimum Gasteiger partial charge on any atom is -0.118 e. The van der Waals surface area contributed by atoms with Gasteiger partial charge >= 0.3 is 0 Å². The number of alkyl halides is 3. The van der Waals surface area contributed by atoms with Crippen LogP contribution in [0.5, 0.6) is 0 Å². The van der Waals surface area contributed by atoms with E-state index < -0.39 is 0 Å². The summed E-state index contributed by atoms with van der Waals surface area (Å²) in [6, 6.07) is 0. The molecule has 0 amide bonds. The largest absolute Gasteiger partial charge is 0.118 e. The molecular formula is C10H14Br2Cl2. The molecule has 1 fully saturated rings. The Hall–Kier alpha value is 1.28. The lowest BCUT2D eigenvalue weighted by Crippen LogP contribution is -2.47. The van der Waals surface area contributed by atoms with Gasteiger partial charge in [-0.1, -0.05) is 49.5 Å². The number of hydrogen-bond donors (Lipinski definition) is 0. The van der Waals surface area contributed by atoms with Gasteiger partial charge in [0, 0.05) is 14.7 Å². The van der Waals surface area contributed by atoms with E-state index in [4.69, 9.17) is 23.2 Å². The van der Waals surface area contributed by atoms with Crippen molar-refractivity contribution in [3.05, 3.63) is 11.6 Å². The Labute approximate surface area is 113 Å². The minimum atomic E-state index is -0.186. The topological polar surface area (TPSA) is 0 Å². The average Bonchev–Trinajstić information content (AvgIpc) is 1.99. The fourth-order valence-electron chi connectivity index (χ4n) is 2.00. The molecular weight excluding hydrogens is 351 g/mol. The maximum atomic E-state index is 6.44. The van der Waals surface area contributed by atoms with Crippen molar-refractivity contribution in [2.24, 2.45) is 5.92 Å². The highest BCUT2D eigenvalue weighted by molar-refractivity contribution is 9.10. The van der Waals surface area contributed by atoms with Crippen molar-refractivity contribution < 1.29 is 0 Å². The van der Waals surface area contributed by atoms with Gasteiger partial charge in [-0.05, 0) is 32.6 Å². The molecule has 1 aliphatic rings. The van der Waals surface area contributed by atoms with Crippen LogP contribution in [0.3, 0.4) is 0 Å². The number of allylic oxidation sites excluding steroid dienone is 1. The lowest BCUT2D eigenvalue weighted by molar-refractivity contribution is 0.310. The van der Waals surface area contributed by atoms with Crippen molar-refractivity contribution in [2.75, 3.05) is 0 Å². The first-order valence-corrected chi connectivity index (χ1v) is 7.11. The van der Waals surface area contributed by atoms with Gasteiger partial charge < -0.3 is 0 Å². The van der Waals surface area contributed by atoms with Gasteiger partial charge in [0.15, 0.2) is 0 Å². The van der Waals surface area contributed by atoms with E-state index in [1.807, 2.05) is 6.08 Å². The number of hydrogen-bond acceptors (Lipinski definition) is 0. The van der Waals surface area contributed by atoms with Crippen molar-refractivity contribution in [3.63, 3.8) is 0 Å². The van der Waals surface area contributed by atoms with E-state index in [1.165, 1.54) is 0 Å². The van der Waals surface area contributed by atoms with Crippen molar-refractivity contribution in [2.45, 2.75) is 40.7 Å². The Kier molecular flexibility index (Phi) is 4.43. The SMILES string of the molecule is C[C@]1(Cl)C[C@](C)(Br)[C@@H](/C=C/Cl)C[C@H]1Br. The lowest BCUT2D eigenvalue weighted by Gasteiger charge is -2.45. The molecule has 0 aromatic heterocycles. The van der Waals surface area contributed by atoms with Gasteiger partial charge in [-0.2, -0.15) is 0 Å². The first-order chi connectivity index (χ1) is 6.29. The van der Waals surface area contributed by atoms with E-state index in [1.54, 1.807) is 5.54 Å². The van der Waals surface area contributed by atoms with Crippen LogP contribution in [-0.2, 0) is 0 Å². The highest BCUT2D eigenvalue weighted by atomic mass is 79.9. The molecule has 14 heavy (non-hydrogen) atoms. The molecule has 4 heteroatoms. The fourth-order valence-corrected chi connectivity index (χ4v) is 4.19. The summed E-state index contributed by atoms with van der Waals surface area (Å²) >= 11 is 19.5. The van der Waals surface area contributed by atoms with Gasteiger partial charge in [0.25, 0.3) is 0 Å². The Balaban J connectivity index is 2.85. The standard InChI is InChI=1S/C10H14Br2Cl2/c1-9(12)6-10(2,14)8(11)5-7(9)3-4-13/h3-4,7-8H,5-6H2,1-2H3/b4-3+/t7-,8+,9-,10-/m0/s1.